The minimum Gasteiger partial charge on any atom is -0.503 e. The Labute approximate surface area is 213 Å². The number of hydrogen-bond acceptors (Lipinski definition) is 5. The van der Waals surface area contributed by atoms with E-state index in [4.69, 9.17) is 0 Å². The van der Waals surface area contributed by atoms with Crippen molar-refractivity contribution in [3.8, 4) is 5.75 Å². The Morgan fingerprint density at radius 3 is 2.32 bits per heavy atom. The van der Waals surface area contributed by atoms with Crippen molar-refractivity contribution in [2.75, 3.05) is 5.32 Å². The summed E-state index contributed by atoms with van der Waals surface area (Å²) in [7, 11) is 0. The molecule has 0 spiro atoms. The summed E-state index contributed by atoms with van der Waals surface area (Å²) in [6.07, 6.45) is 2.93. The zero-order chi connectivity index (χ0) is 26.3. The van der Waals surface area contributed by atoms with Crippen molar-refractivity contribution in [1.29, 1.82) is 0 Å². The van der Waals surface area contributed by atoms with Crippen LogP contribution in [0.2, 0.25) is 0 Å². The van der Waals surface area contributed by atoms with E-state index in [9.17, 15) is 24.3 Å². The molecule has 3 N–H and O–H groups in total. The van der Waals surface area contributed by atoms with Crippen molar-refractivity contribution >= 4 is 23.4 Å². The van der Waals surface area contributed by atoms with Crippen LogP contribution in [0.25, 0.3) is 0 Å². The van der Waals surface area contributed by atoms with Crippen LogP contribution in [0.1, 0.15) is 50.4 Å². The quantitative estimate of drug-likeness (QED) is 0.481. The molecule has 1 aliphatic heterocycles. The Kier molecular flexibility index (Phi) is 6.29. The van der Waals surface area contributed by atoms with Crippen LogP contribution < -0.4 is 16.1 Å². The molecule has 0 bridgehead atoms. The summed E-state index contributed by atoms with van der Waals surface area (Å²) in [6, 6.07) is 13.9. The number of amides is 3. The van der Waals surface area contributed by atoms with Crippen LogP contribution in [0.5, 0.6) is 5.75 Å². The fourth-order valence-corrected chi connectivity index (χ4v) is 4.64. The summed E-state index contributed by atoms with van der Waals surface area (Å²) < 4.78 is 1.34. The second-order valence-electron chi connectivity index (χ2n) is 9.66. The van der Waals surface area contributed by atoms with Gasteiger partial charge in [-0.1, -0.05) is 48.5 Å². The van der Waals surface area contributed by atoms with Gasteiger partial charge in [-0.25, -0.2) is 0 Å². The maximum absolute atomic E-state index is 13.7. The van der Waals surface area contributed by atoms with Gasteiger partial charge in [-0.2, -0.15) is 0 Å². The highest BCUT2D eigenvalue weighted by Gasteiger charge is 2.40. The first-order valence-electron chi connectivity index (χ1n) is 12.2. The van der Waals surface area contributed by atoms with E-state index in [1.807, 2.05) is 62.4 Å². The largest absolute Gasteiger partial charge is 0.503 e. The molecule has 5 rings (SSSR count). The maximum atomic E-state index is 13.7. The standard InChI is InChI=1S/C28H28N4O5/c1-16-7-6-8-17(2)22(16)30-27(36)21-15-31-14-20(26(35)29-19-11-12-19)24(33)25(34)23(31)28(37)32(21)13-18-9-4-3-5-10-18/h3-10,14,19,21,34H,11-13,15H2,1-2H3,(H,29,35)(H,30,36). The Hall–Kier alpha value is -4.40. The third-order valence-corrected chi connectivity index (χ3v) is 6.85. The van der Waals surface area contributed by atoms with Gasteiger partial charge in [-0.05, 0) is 43.4 Å². The number of fused-ring (bicyclic) bond motifs is 1. The number of para-hydroxylation sites is 1. The number of carbonyl (C=O) groups is 3. The van der Waals surface area contributed by atoms with Gasteiger partial charge in [-0.15, -0.1) is 0 Å². The first-order chi connectivity index (χ1) is 17.7. The molecule has 1 unspecified atom stereocenters. The molecule has 9 nitrogen and oxygen atoms in total. The molecular weight excluding hydrogens is 472 g/mol. The van der Waals surface area contributed by atoms with Gasteiger partial charge < -0.3 is 25.2 Å². The van der Waals surface area contributed by atoms with Crippen molar-refractivity contribution in [3.63, 3.8) is 0 Å². The molecule has 1 fully saturated rings. The number of rotatable bonds is 6. The summed E-state index contributed by atoms with van der Waals surface area (Å²) in [5.41, 5.74) is 1.81. The number of aromatic hydroxyl groups is 1. The molecule has 1 aromatic heterocycles. The lowest BCUT2D eigenvalue weighted by Crippen LogP contribution is -2.54. The third kappa shape index (κ3) is 4.72. The number of aryl methyl sites for hydroxylation is 2. The number of carbonyl (C=O) groups excluding carboxylic acids is 3. The summed E-state index contributed by atoms with van der Waals surface area (Å²) in [6.45, 7) is 3.84. The number of aromatic nitrogens is 1. The number of nitrogens with one attached hydrogen (secondary N) is 2. The lowest BCUT2D eigenvalue weighted by Gasteiger charge is -2.37. The molecule has 0 saturated heterocycles. The first-order valence-corrected chi connectivity index (χ1v) is 12.2. The molecule has 1 atom stereocenters. The Morgan fingerprint density at radius 1 is 1.00 bits per heavy atom. The van der Waals surface area contributed by atoms with E-state index in [2.05, 4.69) is 10.6 Å². The molecule has 190 valence electrons. The van der Waals surface area contributed by atoms with E-state index >= 15 is 0 Å². The van der Waals surface area contributed by atoms with Gasteiger partial charge >= 0.3 is 0 Å². The lowest BCUT2D eigenvalue weighted by molar-refractivity contribution is -0.121. The number of hydrogen-bond donors (Lipinski definition) is 3. The van der Waals surface area contributed by atoms with Crippen LogP contribution in [0, 0.1) is 13.8 Å². The van der Waals surface area contributed by atoms with E-state index < -0.39 is 34.9 Å². The number of pyridine rings is 1. The van der Waals surface area contributed by atoms with Gasteiger partial charge in [0.1, 0.15) is 11.6 Å². The van der Waals surface area contributed by atoms with Crippen LogP contribution in [0.3, 0.4) is 0 Å². The molecule has 2 heterocycles. The van der Waals surface area contributed by atoms with E-state index in [1.54, 1.807) is 0 Å². The number of anilines is 1. The maximum Gasteiger partial charge on any atom is 0.275 e. The average molecular weight is 501 g/mol. The molecule has 2 aromatic carbocycles. The third-order valence-electron chi connectivity index (χ3n) is 6.85. The highest BCUT2D eigenvalue weighted by molar-refractivity contribution is 6.04. The fourth-order valence-electron chi connectivity index (χ4n) is 4.64. The average Bonchev–Trinajstić information content (AvgIpc) is 3.69. The highest BCUT2D eigenvalue weighted by Crippen LogP contribution is 2.28. The van der Waals surface area contributed by atoms with Crippen molar-refractivity contribution in [3.05, 3.63) is 92.9 Å². The Bertz CT molecular complexity index is 1440. The van der Waals surface area contributed by atoms with E-state index in [0.29, 0.717) is 5.69 Å². The van der Waals surface area contributed by atoms with Crippen molar-refractivity contribution < 1.29 is 19.5 Å². The fraction of sp³-hybridized carbons (Fsp3) is 0.286. The van der Waals surface area contributed by atoms with Crippen molar-refractivity contribution in [2.45, 2.75) is 51.9 Å². The topological polar surface area (TPSA) is 121 Å². The van der Waals surface area contributed by atoms with E-state index in [-0.39, 0.29) is 30.4 Å². The Morgan fingerprint density at radius 2 is 1.68 bits per heavy atom. The summed E-state index contributed by atoms with van der Waals surface area (Å²) in [4.78, 5) is 54.2. The van der Waals surface area contributed by atoms with Gasteiger partial charge in [0.25, 0.3) is 11.8 Å². The second kappa shape index (κ2) is 9.57. The van der Waals surface area contributed by atoms with Gasteiger partial charge in [0.05, 0.1) is 6.54 Å². The van der Waals surface area contributed by atoms with Crippen LogP contribution in [-0.2, 0) is 17.9 Å². The lowest BCUT2D eigenvalue weighted by atomic mass is 10.0. The smallest absolute Gasteiger partial charge is 0.275 e. The zero-order valence-electron chi connectivity index (χ0n) is 20.7. The van der Waals surface area contributed by atoms with Crippen LogP contribution in [0.15, 0.2) is 59.5 Å². The van der Waals surface area contributed by atoms with Gasteiger partial charge in [0.15, 0.2) is 11.4 Å². The zero-order valence-corrected chi connectivity index (χ0v) is 20.7. The minimum absolute atomic E-state index is 0.00829. The predicted molar refractivity (Wildman–Crippen MR) is 138 cm³/mol. The monoisotopic (exact) mass is 500 g/mol. The Balaban J connectivity index is 1.55. The molecule has 1 saturated carbocycles. The second-order valence-corrected chi connectivity index (χ2v) is 9.66. The summed E-state index contributed by atoms with van der Waals surface area (Å²) in [5.74, 6) is -2.47. The molecule has 3 amide bonds. The molecule has 2 aliphatic rings. The van der Waals surface area contributed by atoms with Crippen molar-refractivity contribution in [2.24, 2.45) is 0 Å². The molecule has 9 heteroatoms. The van der Waals surface area contributed by atoms with Gasteiger partial charge in [0.2, 0.25) is 11.3 Å². The van der Waals surface area contributed by atoms with Crippen molar-refractivity contribution in [1.82, 2.24) is 14.8 Å². The number of benzene rings is 2. The van der Waals surface area contributed by atoms with Gasteiger partial charge in [-0.3, -0.25) is 19.2 Å². The van der Waals surface area contributed by atoms with Crippen LogP contribution in [-0.4, -0.2) is 44.4 Å². The first kappa shape index (κ1) is 24.3. The molecule has 3 aromatic rings. The summed E-state index contributed by atoms with van der Waals surface area (Å²) >= 11 is 0. The highest BCUT2D eigenvalue weighted by atomic mass is 16.3. The number of nitrogens with zero attached hydrogens (tertiary/aromatic N) is 2. The molecular formula is C28H28N4O5. The normalized spacial score (nSPS) is 16.8. The van der Waals surface area contributed by atoms with Gasteiger partial charge in [0, 0.05) is 24.5 Å². The molecule has 0 radical (unpaired) electrons. The van der Waals surface area contributed by atoms with E-state index in [0.717, 1.165) is 29.5 Å². The SMILES string of the molecule is Cc1cccc(C)c1NC(=O)C1Cn2cc(C(=O)NC3CC3)c(=O)c(O)c2C(=O)N1Cc1ccccc1. The minimum atomic E-state index is -0.958. The van der Waals surface area contributed by atoms with Crippen LogP contribution >= 0.6 is 0 Å². The van der Waals surface area contributed by atoms with E-state index in [1.165, 1.54) is 15.7 Å². The predicted octanol–water partition coefficient (Wildman–Crippen LogP) is 2.73. The summed E-state index contributed by atoms with van der Waals surface area (Å²) in [5, 5.41) is 16.5. The molecule has 37 heavy (non-hydrogen) atoms. The van der Waals surface area contributed by atoms with Crippen LogP contribution in [0.4, 0.5) is 5.69 Å². The molecule has 1 aliphatic carbocycles.